The number of nitrogens with zero attached hydrogens (tertiary/aromatic N) is 1. The van der Waals surface area contributed by atoms with Crippen molar-refractivity contribution in [1.82, 2.24) is 4.98 Å². The van der Waals surface area contributed by atoms with Crippen LogP contribution in [0.15, 0.2) is 23.6 Å². The van der Waals surface area contributed by atoms with Crippen LogP contribution >= 0.6 is 11.3 Å². The highest BCUT2D eigenvalue weighted by Crippen LogP contribution is 2.19. The summed E-state index contributed by atoms with van der Waals surface area (Å²) in [7, 11) is 0. The topological polar surface area (TPSA) is 48.1 Å². The van der Waals surface area contributed by atoms with E-state index in [1.54, 1.807) is 5.38 Å². The molecule has 6 heteroatoms. The molecule has 2 N–H and O–H groups in total. The fraction of sp³-hybridized carbons (Fsp3) is 0.182. The van der Waals surface area contributed by atoms with Gasteiger partial charge in [-0.05, 0) is 12.1 Å². The molecule has 0 saturated heterocycles. The second-order valence-corrected chi connectivity index (χ2v) is 4.24. The zero-order valence-corrected chi connectivity index (χ0v) is 9.64. The Morgan fingerprint density at radius 2 is 2.18 bits per heavy atom. The van der Waals surface area contributed by atoms with Gasteiger partial charge in [-0.2, -0.15) is 0 Å². The normalized spacial score (nSPS) is 10.5. The molecule has 90 valence electrons. The third-order valence-electron chi connectivity index (χ3n) is 2.04. The van der Waals surface area contributed by atoms with Gasteiger partial charge in [-0.15, -0.1) is 11.3 Å². The van der Waals surface area contributed by atoms with Gasteiger partial charge in [0, 0.05) is 18.0 Å². The molecule has 1 aromatic carbocycles. The molecule has 1 heterocycles. The van der Waals surface area contributed by atoms with Crippen LogP contribution in [0.3, 0.4) is 0 Å². The molecule has 17 heavy (non-hydrogen) atoms. The Balaban J connectivity index is 2.02. The number of ether oxygens (including phenoxy) is 1. The van der Waals surface area contributed by atoms with Gasteiger partial charge in [0.2, 0.25) is 0 Å². The lowest BCUT2D eigenvalue weighted by Gasteiger charge is -2.05. The van der Waals surface area contributed by atoms with Crippen molar-refractivity contribution in [2.24, 2.45) is 5.73 Å². The highest BCUT2D eigenvalue weighted by Gasteiger charge is 2.06. The molecular weight excluding hydrogens is 246 g/mol. The Kier molecular flexibility index (Phi) is 3.65. The first-order chi connectivity index (χ1) is 8.19. The monoisotopic (exact) mass is 256 g/mol. The Morgan fingerprint density at radius 1 is 1.35 bits per heavy atom. The van der Waals surface area contributed by atoms with Crippen molar-refractivity contribution in [1.29, 1.82) is 0 Å². The van der Waals surface area contributed by atoms with Gasteiger partial charge in [0.15, 0.2) is 11.6 Å². The van der Waals surface area contributed by atoms with Gasteiger partial charge in [0.05, 0.1) is 5.69 Å². The summed E-state index contributed by atoms with van der Waals surface area (Å²) >= 11 is 1.42. The Labute approximate surface area is 101 Å². The van der Waals surface area contributed by atoms with Crippen LogP contribution in [0.2, 0.25) is 0 Å². The Morgan fingerprint density at radius 3 is 2.82 bits per heavy atom. The van der Waals surface area contributed by atoms with Crippen molar-refractivity contribution < 1.29 is 13.5 Å². The molecule has 0 saturated carbocycles. The zero-order chi connectivity index (χ0) is 12.3. The molecule has 0 atom stereocenters. The van der Waals surface area contributed by atoms with E-state index in [9.17, 15) is 8.78 Å². The zero-order valence-electron chi connectivity index (χ0n) is 8.82. The van der Waals surface area contributed by atoms with Gasteiger partial charge >= 0.3 is 0 Å². The minimum atomic E-state index is -0.723. The van der Waals surface area contributed by atoms with Crippen LogP contribution in [0.5, 0.6) is 5.75 Å². The van der Waals surface area contributed by atoms with Gasteiger partial charge < -0.3 is 10.5 Å². The fourth-order valence-corrected chi connectivity index (χ4v) is 1.91. The van der Waals surface area contributed by atoms with Crippen LogP contribution in [0.1, 0.15) is 10.7 Å². The van der Waals surface area contributed by atoms with Gasteiger partial charge in [0.25, 0.3) is 0 Å². The molecule has 0 bridgehead atoms. The van der Waals surface area contributed by atoms with Crippen molar-refractivity contribution in [2.45, 2.75) is 13.2 Å². The van der Waals surface area contributed by atoms with Gasteiger partial charge in [-0.3, -0.25) is 0 Å². The molecule has 0 amide bonds. The van der Waals surface area contributed by atoms with Crippen LogP contribution in [0.4, 0.5) is 8.78 Å². The first kappa shape index (κ1) is 11.9. The molecule has 2 rings (SSSR count). The summed E-state index contributed by atoms with van der Waals surface area (Å²) in [4.78, 5) is 4.16. The molecule has 0 fully saturated rings. The standard InChI is InChI=1S/C11H10F2N2OS/c12-7-1-2-10(9(13)3-7)16-5-8-6-17-11(4-14)15-8/h1-3,6H,4-5,14H2. The summed E-state index contributed by atoms with van der Waals surface area (Å²) in [5.74, 6) is -1.35. The van der Waals surface area contributed by atoms with Crippen LogP contribution in [-0.2, 0) is 13.2 Å². The average molecular weight is 256 g/mol. The molecule has 0 spiro atoms. The van der Waals surface area contributed by atoms with Gasteiger partial charge in [-0.1, -0.05) is 0 Å². The number of aromatic nitrogens is 1. The maximum Gasteiger partial charge on any atom is 0.167 e. The van der Waals surface area contributed by atoms with Gasteiger partial charge in [0.1, 0.15) is 17.4 Å². The second kappa shape index (κ2) is 5.20. The SMILES string of the molecule is NCc1nc(COc2ccc(F)cc2F)cs1. The van der Waals surface area contributed by atoms with E-state index < -0.39 is 11.6 Å². The van der Waals surface area contributed by atoms with Crippen LogP contribution in [0, 0.1) is 11.6 Å². The third kappa shape index (κ3) is 2.98. The number of nitrogens with two attached hydrogens (primary N) is 1. The molecule has 0 aliphatic rings. The lowest BCUT2D eigenvalue weighted by atomic mass is 10.3. The van der Waals surface area contributed by atoms with Crippen molar-refractivity contribution >= 4 is 11.3 Å². The molecule has 0 radical (unpaired) electrons. The Bertz CT molecular complexity index is 516. The van der Waals surface area contributed by atoms with Gasteiger partial charge in [-0.25, -0.2) is 13.8 Å². The number of rotatable bonds is 4. The van der Waals surface area contributed by atoms with Crippen molar-refractivity contribution in [3.63, 3.8) is 0 Å². The minimum Gasteiger partial charge on any atom is -0.484 e. The molecule has 0 unspecified atom stereocenters. The fourth-order valence-electron chi connectivity index (χ4n) is 1.25. The van der Waals surface area contributed by atoms with Crippen molar-refractivity contribution in [2.75, 3.05) is 0 Å². The number of hydrogen-bond acceptors (Lipinski definition) is 4. The average Bonchev–Trinajstić information content (AvgIpc) is 2.76. The van der Waals surface area contributed by atoms with E-state index in [1.165, 1.54) is 17.4 Å². The number of hydrogen-bond donors (Lipinski definition) is 1. The van der Waals surface area contributed by atoms with E-state index in [1.807, 2.05) is 0 Å². The summed E-state index contributed by atoms with van der Waals surface area (Å²) in [6.07, 6.45) is 0. The van der Waals surface area contributed by atoms with E-state index in [4.69, 9.17) is 10.5 Å². The van der Waals surface area contributed by atoms with Crippen molar-refractivity contribution in [3.05, 3.63) is 45.9 Å². The molecule has 3 nitrogen and oxygen atoms in total. The van der Waals surface area contributed by atoms with E-state index in [0.29, 0.717) is 12.2 Å². The predicted octanol–water partition coefficient (Wildman–Crippen LogP) is 2.46. The highest BCUT2D eigenvalue weighted by atomic mass is 32.1. The first-order valence-corrected chi connectivity index (χ1v) is 5.78. The summed E-state index contributed by atoms with van der Waals surface area (Å²) in [5.41, 5.74) is 6.10. The minimum absolute atomic E-state index is 0.00805. The summed E-state index contributed by atoms with van der Waals surface area (Å²) in [6.45, 7) is 0.509. The molecule has 0 aliphatic heterocycles. The molecule has 1 aromatic heterocycles. The van der Waals surface area contributed by atoms with E-state index in [-0.39, 0.29) is 12.4 Å². The van der Waals surface area contributed by atoms with E-state index >= 15 is 0 Å². The van der Waals surface area contributed by atoms with Crippen LogP contribution in [-0.4, -0.2) is 4.98 Å². The predicted molar refractivity (Wildman–Crippen MR) is 60.7 cm³/mol. The second-order valence-electron chi connectivity index (χ2n) is 3.30. The largest absolute Gasteiger partial charge is 0.484 e. The highest BCUT2D eigenvalue weighted by molar-refractivity contribution is 7.09. The first-order valence-electron chi connectivity index (χ1n) is 4.90. The number of benzene rings is 1. The van der Waals surface area contributed by atoms with E-state index in [0.717, 1.165) is 17.1 Å². The van der Waals surface area contributed by atoms with E-state index in [2.05, 4.69) is 4.98 Å². The molecule has 0 aliphatic carbocycles. The Hall–Kier alpha value is -1.53. The molecular formula is C11H10F2N2OS. The maximum atomic E-state index is 13.2. The third-order valence-corrected chi connectivity index (χ3v) is 2.96. The maximum absolute atomic E-state index is 13.2. The van der Waals surface area contributed by atoms with Crippen molar-refractivity contribution in [3.8, 4) is 5.75 Å². The lowest BCUT2D eigenvalue weighted by molar-refractivity contribution is 0.285. The lowest BCUT2D eigenvalue weighted by Crippen LogP contribution is -2.00. The number of thiazole rings is 1. The quantitative estimate of drug-likeness (QED) is 0.914. The van der Waals surface area contributed by atoms with Crippen LogP contribution in [0.25, 0.3) is 0 Å². The molecule has 2 aromatic rings. The number of halogens is 2. The summed E-state index contributed by atoms with van der Waals surface area (Å²) in [6, 6.07) is 3.17. The summed E-state index contributed by atoms with van der Waals surface area (Å²) in [5, 5.41) is 2.59. The van der Waals surface area contributed by atoms with Crippen LogP contribution < -0.4 is 10.5 Å². The smallest absolute Gasteiger partial charge is 0.167 e. The summed E-state index contributed by atoms with van der Waals surface area (Å²) < 4.78 is 31.1.